The highest BCUT2D eigenvalue weighted by molar-refractivity contribution is 6.07. The number of halogens is 1. The number of hydrogen-bond donors (Lipinski definition) is 2. The first-order chi connectivity index (χ1) is 18.9. The van der Waals surface area contributed by atoms with Gasteiger partial charge in [0.25, 0.3) is 11.8 Å². The molecule has 2 N–H and O–H groups in total. The number of rotatable bonds is 6. The van der Waals surface area contributed by atoms with Gasteiger partial charge in [0.2, 0.25) is 0 Å². The highest BCUT2D eigenvalue weighted by Crippen LogP contribution is 2.45. The minimum atomic E-state index is -0.359. The van der Waals surface area contributed by atoms with Crippen LogP contribution in [-0.4, -0.2) is 28.5 Å². The smallest absolute Gasteiger partial charge is 0.255 e. The fourth-order valence-electron chi connectivity index (χ4n) is 5.10. The molecule has 6 nitrogen and oxygen atoms in total. The van der Waals surface area contributed by atoms with Crippen molar-refractivity contribution < 1.29 is 14.0 Å². The third-order valence-corrected chi connectivity index (χ3v) is 7.45. The Morgan fingerprint density at radius 1 is 0.897 bits per heavy atom. The van der Waals surface area contributed by atoms with E-state index in [0.717, 1.165) is 35.1 Å². The van der Waals surface area contributed by atoms with Crippen molar-refractivity contribution in [3.8, 4) is 22.4 Å². The first-order valence-corrected chi connectivity index (χ1v) is 12.9. The van der Waals surface area contributed by atoms with Crippen LogP contribution in [0.2, 0.25) is 0 Å². The van der Waals surface area contributed by atoms with E-state index < -0.39 is 0 Å². The molecule has 1 aliphatic rings. The van der Waals surface area contributed by atoms with E-state index in [2.05, 4.69) is 27.9 Å². The number of carbonyl (C=O) groups is 2. The van der Waals surface area contributed by atoms with Crippen molar-refractivity contribution in [2.24, 2.45) is 0 Å². The number of carbonyl (C=O) groups excluding carboxylic acids is 2. The summed E-state index contributed by atoms with van der Waals surface area (Å²) in [7, 11) is 1.57. The van der Waals surface area contributed by atoms with E-state index in [-0.39, 0.29) is 23.2 Å². The third-order valence-electron chi connectivity index (χ3n) is 7.45. The van der Waals surface area contributed by atoms with Crippen LogP contribution in [-0.2, 0) is 5.54 Å². The van der Waals surface area contributed by atoms with Crippen molar-refractivity contribution in [3.63, 3.8) is 0 Å². The molecule has 1 fully saturated rings. The molecular formula is C32H27FN4O2. The summed E-state index contributed by atoms with van der Waals surface area (Å²) in [5.41, 5.74) is 6.25. The van der Waals surface area contributed by atoms with Gasteiger partial charge < -0.3 is 10.6 Å². The molecule has 1 aliphatic carbocycles. The van der Waals surface area contributed by atoms with Gasteiger partial charge in [0.15, 0.2) is 0 Å². The average molecular weight is 519 g/mol. The fraction of sp³-hybridized carbons (Fsp3) is 0.156. The van der Waals surface area contributed by atoms with E-state index >= 15 is 0 Å². The number of nitrogens with one attached hydrogen (secondary N) is 2. The molecule has 0 radical (unpaired) electrons. The van der Waals surface area contributed by atoms with E-state index in [1.807, 2.05) is 55.5 Å². The lowest BCUT2D eigenvalue weighted by atomic mass is 9.97. The highest BCUT2D eigenvalue weighted by Gasteiger charge is 2.45. The predicted octanol–water partition coefficient (Wildman–Crippen LogP) is 5.89. The molecule has 0 aliphatic heterocycles. The quantitative estimate of drug-likeness (QED) is 0.294. The first kappa shape index (κ1) is 24.6. The van der Waals surface area contributed by atoms with Crippen LogP contribution in [0.4, 0.5) is 4.39 Å². The molecule has 6 rings (SSSR count). The molecule has 2 heterocycles. The number of aryl methyl sites for hydroxylation is 1. The number of pyridine rings is 1. The van der Waals surface area contributed by atoms with Crippen molar-refractivity contribution in [1.82, 2.24) is 20.2 Å². The molecule has 2 amide bonds. The molecule has 7 heteroatoms. The zero-order valence-corrected chi connectivity index (χ0v) is 21.7. The van der Waals surface area contributed by atoms with Crippen LogP contribution in [0.3, 0.4) is 0 Å². The average Bonchev–Trinajstić information content (AvgIpc) is 3.65. The van der Waals surface area contributed by atoms with Gasteiger partial charge in [-0.05, 0) is 90.6 Å². The largest absolute Gasteiger partial charge is 0.355 e. The molecule has 39 heavy (non-hydrogen) atoms. The molecule has 2 aromatic heterocycles. The highest BCUT2D eigenvalue weighted by atomic mass is 19.1. The van der Waals surface area contributed by atoms with Crippen LogP contribution in [0.5, 0.6) is 0 Å². The van der Waals surface area contributed by atoms with Crippen LogP contribution in [0.1, 0.15) is 44.7 Å². The molecule has 3 aromatic carbocycles. The Morgan fingerprint density at radius 2 is 1.64 bits per heavy atom. The number of fused-ring (bicyclic) bond motifs is 1. The second-order valence-electron chi connectivity index (χ2n) is 9.99. The van der Waals surface area contributed by atoms with E-state index in [1.54, 1.807) is 29.9 Å². The number of nitrogens with zero attached hydrogens (tertiary/aromatic N) is 2. The molecule has 0 bridgehead atoms. The Labute approximate surface area is 225 Å². The van der Waals surface area contributed by atoms with Gasteiger partial charge in [-0.25, -0.2) is 8.91 Å². The van der Waals surface area contributed by atoms with Gasteiger partial charge >= 0.3 is 0 Å². The molecule has 0 unspecified atom stereocenters. The zero-order chi connectivity index (χ0) is 27.1. The second-order valence-corrected chi connectivity index (χ2v) is 9.99. The van der Waals surface area contributed by atoms with Gasteiger partial charge in [0, 0.05) is 24.4 Å². The van der Waals surface area contributed by atoms with E-state index in [1.165, 1.54) is 12.1 Å². The molecule has 0 atom stereocenters. The SMILES string of the molecule is CNC(=O)c1c(-c2ccc(F)cc2)nn2ccc(-c3cc(C(=O)NC4(c5ccccc5)CC4)ccc3C)cc12. The van der Waals surface area contributed by atoms with Gasteiger partial charge in [-0.3, -0.25) is 9.59 Å². The van der Waals surface area contributed by atoms with Gasteiger partial charge in [-0.2, -0.15) is 5.10 Å². The van der Waals surface area contributed by atoms with E-state index in [0.29, 0.717) is 27.9 Å². The minimum Gasteiger partial charge on any atom is -0.355 e. The van der Waals surface area contributed by atoms with Crippen LogP contribution < -0.4 is 10.6 Å². The summed E-state index contributed by atoms with van der Waals surface area (Å²) < 4.78 is 15.2. The number of amides is 2. The second kappa shape index (κ2) is 9.51. The molecule has 0 spiro atoms. The van der Waals surface area contributed by atoms with Gasteiger partial charge in [0.1, 0.15) is 11.5 Å². The molecule has 0 saturated heterocycles. The van der Waals surface area contributed by atoms with Gasteiger partial charge in [0.05, 0.1) is 16.6 Å². The van der Waals surface area contributed by atoms with E-state index in [4.69, 9.17) is 0 Å². The molecular weight excluding hydrogens is 491 g/mol. The van der Waals surface area contributed by atoms with Crippen molar-refractivity contribution >= 4 is 17.3 Å². The topological polar surface area (TPSA) is 75.5 Å². The Kier molecular flexibility index (Phi) is 5.99. The maximum atomic E-state index is 13.5. The summed E-state index contributed by atoms with van der Waals surface area (Å²) in [6.45, 7) is 1.99. The lowest BCUT2D eigenvalue weighted by Gasteiger charge is -2.18. The summed E-state index contributed by atoms with van der Waals surface area (Å²) in [6.07, 6.45) is 3.63. The standard InChI is InChI=1S/C32H27FN4O2/c1-20-8-9-23(30(38)35-32(15-16-32)24-6-4-3-5-7-24)18-26(20)22-14-17-37-27(19-22)28(31(39)34-2)29(36-37)21-10-12-25(33)13-11-21/h3-14,17-19H,15-16H2,1-2H3,(H,34,39)(H,35,38). The summed E-state index contributed by atoms with van der Waals surface area (Å²) in [6, 6.07) is 25.5. The summed E-state index contributed by atoms with van der Waals surface area (Å²) >= 11 is 0. The first-order valence-electron chi connectivity index (χ1n) is 12.9. The maximum Gasteiger partial charge on any atom is 0.255 e. The summed E-state index contributed by atoms with van der Waals surface area (Å²) in [5, 5.41) is 10.6. The maximum absolute atomic E-state index is 13.5. The van der Waals surface area contributed by atoms with Crippen molar-refractivity contribution in [2.45, 2.75) is 25.3 Å². The van der Waals surface area contributed by atoms with Crippen LogP contribution in [0.25, 0.3) is 27.9 Å². The number of benzene rings is 3. The van der Waals surface area contributed by atoms with Crippen molar-refractivity contribution in [3.05, 3.63) is 119 Å². The number of hydrogen-bond acceptors (Lipinski definition) is 3. The lowest BCUT2D eigenvalue weighted by molar-refractivity contribution is 0.0929. The van der Waals surface area contributed by atoms with Crippen LogP contribution >= 0.6 is 0 Å². The normalized spacial score (nSPS) is 13.7. The Balaban J connectivity index is 1.39. The Morgan fingerprint density at radius 3 is 2.33 bits per heavy atom. The Hall–Kier alpha value is -4.78. The zero-order valence-electron chi connectivity index (χ0n) is 21.7. The minimum absolute atomic E-state index is 0.118. The fourth-order valence-corrected chi connectivity index (χ4v) is 5.10. The lowest BCUT2D eigenvalue weighted by Crippen LogP contribution is -2.34. The predicted molar refractivity (Wildman–Crippen MR) is 149 cm³/mol. The van der Waals surface area contributed by atoms with Crippen LogP contribution in [0, 0.1) is 12.7 Å². The Bertz CT molecular complexity index is 1720. The van der Waals surface area contributed by atoms with Gasteiger partial charge in [-0.1, -0.05) is 36.4 Å². The monoisotopic (exact) mass is 518 g/mol. The molecule has 5 aromatic rings. The van der Waals surface area contributed by atoms with Crippen molar-refractivity contribution in [2.75, 3.05) is 7.05 Å². The van der Waals surface area contributed by atoms with Crippen molar-refractivity contribution in [1.29, 1.82) is 0 Å². The van der Waals surface area contributed by atoms with E-state index in [9.17, 15) is 14.0 Å². The molecule has 1 saturated carbocycles. The molecule has 194 valence electrons. The van der Waals surface area contributed by atoms with Crippen LogP contribution in [0.15, 0.2) is 91.1 Å². The summed E-state index contributed by atoms with van der Waals surface area (Å²) in [5.74, 6) is -0.767. The number of aromatic nitrogens is 2. The van der Waals surface area contributed by atoms with Gasteiger partial charge in [-0.15, -0.1) is 0 Å². The third kappa shape index (κ3) is 4.46. The summed E-state index contributed by atoms with van der Waals surface area (Å²) in [4.78, 5) is 26.3.